The maximum absolute atomic E-state index is 17.5. The van der Waals surface area contributed by atoms with Crippen LogP contribution in [0.3, 0.4) is 0 Å². The van der Waals surface area contributed by atoms with E-state index in [1.54, 1.807) is 55.5 Å². The maximum Gasteiger partial charge on any atom is 0.193 e. The fourth-order valence-corrected chi connectivity index (χ4v) is 9.12. The molecule has 4 fully saturated rings. The maximum atomic E-state index is 17.5. The number of aliphatic hydroxyl groups is 2. The van der Waals surface area contributed by atoms with Crippen molar-refractivity contribution in [3.05, 3.63) is 77.9 Å². The van der Waals surface area contributed by atoms with Crippen LogP contribution in [0.15, 0.2) is 72.3 Å². The van der Waals surface area contributed by atoms with Crippen molar-refractivity contribution >= 4 is 17.3 Å². The van der Waals surface area contributed by atoms with Crippen molar-refractivity contribution in [3.63, 3.8) is 0 Å². The number of halogens is 2. The number of allylic oxidation sites excluding steroid dienone is 4. The van der Waals surface area contributed by atoms with Crippen LogP contribution in [0.25, 0.3) is 0 Å². The zero-order valence-corrected chi connectivity index (χ0v) is 24.4. The van der Waals surface area contributed by atoms with Gasteiger partial charge in [-0.2, -0.15) is 0 Å². The van der Waals surface area contributed by atoms with E-state index in [2.05, 4.69) is 0 Å². The predicted octanol–water partition coefficient (Wildman–Crippen LogP) is 4.70. The summed E-state index contributed by atoms with van der Waals surface area (Å²) in [5.41, 5.74) is 0.297. The van der Waals surface area contributed by atoms with Crippen molar-refractivity contribution in [2.45, 2.75) is 69.0 Å². The number of anilines is 1. The first-order valence-corrected chi connectivity index (χ1v) is 14.9. The SMILES string of the molecule is C[C@]12C=CC(=O)C=C1[C@@H](F)C[C@H]1[C@@H]3C[C@H]4O[C@H](c5ccc(Oc6cccc(N)c6)cc5)O[C@@]4(C(=O)CO)[C@@]3(C)C[C@H](O)[C@@]12F. The molecule has 0 radical (unpaired) electrons. The smallest absolute Gasteiger partial charge is 0.193 e. The molecule has 4 aliphatic carbocycles. The molecule has 1 aliphatic heterocycles. The second-order valence-corrected chi connectivity index (χ2v) is 13.2. The fraction of sp³-hybridized carbons (Fsp3) is 0.471. The van der Waals surface area contributed by atoms with E-state index in [1.807, 2.05) is 0 Å². The molecule has 1 heterocycles. The monoisotopic (exact) mass is 607 g/mol. The first-order chi connectivity index (χ1) is 20.9. The predicted molar refractivity (Wildman–Crippen MR) is 155 cm³/mol. The van der Waals surface area contributed by atoms with E-state index in [1.165, 1.54) is 19.1 Å². The average Bonchev–Trinajstić information content (AvgIpc) is 3.49. The molecule has 0 amide bonds. The Morgan fingerprint density at radius 1 is 1.11 bits per heavy atom. The van der Waals surface area contributed by atoms with Gasteiger partial charge in [-0.15, -0.1) is 0 Å². The number of aliphatic hydroxyl groups excluding tert-OH is 2. The first-order valence-electron chi connectivity index (χ1n) is 14.9. The van der Waals surface area contributed by atoms with Gasteiger partial charge in [0.05, 0.1) is 12.2 Å². The van der Waals surface area contributed by atoms with Gasteiger partial charge < -0.3 is 30.2 Å². The summed E-state index contributed by atoms with van der Waals surface area (Å²) in [6.45, 7) is 2.44. The number of rotatable bonds is 5. The number of hydrogen-bond donors (Lipinski definition) is 3. The third kappa shape index (κ3) is 3.74. The van der Waals surface area contributed by atoms with E-state index in [-0.39, 0.29) is 24.8 Å². The van der Waals surface area contributed by atoms with Crippen molar-refractivity contribution in [1.82, 2.24) is 0 Å². The van der Waals surface area contributed by atoms with Crippen molar-refractivity contribution in [2.75, 3.05) is 12.3 Å². The number of ketones is 2. The number of nitrogen functional groups attached to an aromatic ring is 1. The molecular formula is C34H35F2NO7. The minimum Gasteiger partial charge on any atom is -0.457 e. The molecule has 0 unspecified atom stereocenters. The normalized spacial score (nSPS) is 42.1. The fourth-order valence-electron chi connectivity index (χ4n) is 9.12. The minimum atomic E-state index is -2.30. The summed E-state index contributed by atoms with van der Waals surface area (Å²) in [6, 6.07) is 13.9. The topological polar surface area (TPSA) is 128 Å². The van der Waals surface area contributed by atoms with Crippen LogP contribution in [0.4, 0.5) is 14.5 Å². The van der Waals surface area contributed by atoms with E-state index >= 15 is 8.78 Å². The Morgan fingerprint density at radius 3 is 2.57 bits per heavy atom. The molecule has 10 atom stereocenters. The lowest BCUT2D eigenvalue weighted by atomic mass is 9.44. The Kier molecular flexibility index (Phi) is 6.51. The minimum absolute atomic E-state index is 0.0291. The van der Waals surface area contributed by atoms with E-state index in [0.29, 0.717) is 22.7 Å². The van der Waals surface area contributed by atoms with Crippen LogP contribution in [0.5, 0.6) is 11.5 Å². The molecule has 1 saturated heterocycles. The molecule has 7 rings (SSSR count). The molecule has 0 spiro atoms. The number of carbonyl (C=O) groups excluding carboxylic acids is 2. The standard InChI is InChI=1S/C34H35F2NO7/c1-31-11-10-20(39)13-25(31)26(35)14-24-23-15-29-34(28(41)17-38,32(23,2)16-27(40)33(24,31)36)44-30(43-29)18-6-8-21(9-7-18)42-22-5-3-4-19(37)12-22/h3-13,23-24,26-27,29-30,38,40H,14-17,37H2,1-2H3/t23-,24-,26-,27-,29+,30-,31-,32-,33-,34+/m0/s1. The Balaban J connectivity index is 1.21. The Bertz CT molecular complexity index is 1590. The molecule has 8 nitrogen and oxygen atoms in total. The second kappa shape index (κ2) is 9.78. The van der Waals surface area contributed by atoms with Gasteiger partial charge >= 0.3 is 0 Å². The van der Waals surface area contributed by atoms with E-state index in [9.17, 15) is 19.8 Å². The summed E-state index contributed by atoms with van der Waals surface area (Å²) in [7, 11) is 0. The van der Waals surface area contributed by atoms with E-state index < -0.39 is 76.8 Å². The third-order valence-electron chi connectivity index (χ3n) is 11.2. The summed E-state index contributed by atoms with van der Waals surface area (Å²) >= 11 is 0. The van der Waals surface area contributed by atoms with Crippen molar-refractivity contribution in [3.8, 4) is 11.5 Å². The molecule has 3 saturated carbocycles. The van der Waals surface area contributed by atoms with Crippen LogP contribution >= 0.6 is 0 Å². The number of Topliss-reactive ketones (excluding diaryl/α,β-unsaturated/α-hetero) is 1. The van der Waals surface area contributed by atoms with E-state index in [0.717, 1.165) is 6.08 Å². The summed E-state index contributed by atoms with van der Waals surface area (Å²) in [6.07, 6.45) is -1.59. The highest BCUT2D eigenvalue weighted by atomic mass is 19.1. The molecule has 2 aromatic carbocycles. The van der Waals surface area contributed by atoms with Crippen LogP contribution in [0, 0.1) is 22.7 Å². The number of nitrogens with two attached hydrogens (primary N) is 1. The molecule has 0 bridgehead atoms. The molecule has 44 heavy (non-hydrogen) atoms. The van der Waals surface area contributed by atoms with Gasteiger partial charge in [0.1, 0.15) is 24.3 Å². The van der Waals surface area contributed by atoms with Crippen LogP contribution < -0.4 is 10.5 Å². The first kappa shape index (κ1) is 29.3. The summed E-state index contributed by atoms with van der Waals surface area (Å²) in [4.78, 5) is 25.8. The molecule has 10 heteroatoms. The number of benzene rings is 2. The molecule has 0 aromatic heterocycles. The second-order valence-electron chi connectivity index (χ2n) is 13.2. The summed E-state index contributed by atoms with van der Waals surface area (Å²) < 4.78 is 52.1. The molecule has 232 valence electrons. The zero-order chi connectivity index (χ0) is 31.2. The molecule has 2 aromatic rings. The zero-order valence-electron chi connectivity index (χ0n) is 24.4. The number of alkyl halides is 2. The van der Waals surface area contributed by atoms with E-state index in [4.69, 9.17) is 19.9 Å². The van der Waals surface area contributed by atoms with Gasteiger partial charge in [-0.1, -0.05) is 31.2 Å². The summed E-state index contributed by atoms with van der Waals surface area (Å²) in [5.74, 6) is -1.56. The largest absolute Gasteiger partial charge is 0.457 e. The number of ether oxygens (including phenoxy) is 3. The average molecular weight is 608 g/mol. The Morgan fingerprint density at radius 2 is 1.86 bits per heavy atom. The van der Waals surface area contributed by atoms with Crippen molar-refractivity contribution in [2.24, 2.45) is 22.7 Å². The van der Waals surface area contributed by atoms with Gasteiger partial charge in [-0.25, -0.2) is 8.78 Å². The van der Waals surface area contributed by atoms with Crippen molar-refractivity contribution < 1.29 is 42.8 Å². The Hall–Kier alpha value is -3.44. The van der Waals surface area contributed by atoms with Crippen molar-refractivity contribution in [1.29, 1.82) is 0 Å². The number of hydrogen-bond acceptors (Lipinski definition) is 8. The van der Waals surface area contributed by atoms with Gasteiger partial charge in [-0.05, 0) is 74.1 Å². The summed E-state index contributed by atoms with van der Waals surface area (Å²) in [5, 5.41) is 21.8. The lowest BCUT2D eigenvalue weighted by Gasteiger charge is -2.63. The number of fused-ring (bicyclic) bond motifs is 7. The number of carbonyl (C=O) groups is 2. The quantitative estimate of drug-likeness (QED) is 0.418. The lowest BCUT2D eigenvalue weighted by Crippen LogP contribution is -2.70. The molecule has 4 N–H and O–H groups in total. The highest BCUT2D eigenvalue weighted by molar-refractivity contribution is 6.01. The van der Waals surface area contributed by atoms with Gasteiger partial charge in [0.15, 0.2) is 29.1 Å². The van der Waals surface area contributed by atoms with Crippen LogP contribution in [-0.4, -0.2) is 58.0 Å². The highest BCUT2D eigenvalue weighted by Crippen LogP contribution is 2.72. The Labute approximate surface area is 253 Å². The molecular weight excluding hydrogens is 572 g/mol. The van der Waals surface area contributed by atoms with Gasteiger partial charge in [0.25, 0.3) is 0 Å². The van der Waals surface area contributed by atoms with Crippen LogP contribution in [0.1, 0.15) is 45.0 Å². The van der Waals surface area contributed by atoms with Gasteiger partial charge in [0.2, 0.25) is 0 Å². The van der Waals surface area contributed by atoms with Crippen LogP contribution in [0.2, 0.25) is 0 Å². The lowest BCUT2D eigenvalue weighted by molar-refractivity contribution is -0.235. The van der Waals surface area contributed by atoms with Gasteiger partial charge in [0, 0.05) is 34.1 Å². The highest BCUT2D eigenvalue weighted by Gasteiger charge is 2.80. The third-order valence-corrected chi connectivity index (χ3v) is 11.2. The molecule has 5 aliphatic rings. The van der Waals surface area contributed by atoms with Crippen LogP contribution in [-0.2, 0) is 19.1 Å². The van der Waals surface area contributed by atoms with Gasteiger partial charge in [-0.3, -0.25) is 9.59 Å².